The number of hydrogen-bond acceptors (Lipinski definition) is 7. The van der Waals surface area contributed by atoms with E-state index in [1.807, 2.05) is 4.90 Å². The number of aromatic nitrogens is 2. The zero-order valence-electron chi connectivity index (χ0n) is 12.1. The van der Waals surface area contributed by atoms with E-state index >= 15 is 0 Å². The van der Waals surface area contributed by atoms with Gasteiger partial charge in [-0.2, -0.15) is 0 Å². The number of carbonyl (C=O) groups excluding carboxylic acids is 1. The summed E-state index contributed by atoms with van der Waals surface area (Å²) in [6.45, 7) is 1.47. The maximum absolute atomic E-state index is 12.3. The van der Waals surface area contributed by atoms with Crippen LogP contribution in [0.4, 0.5) is 0 Å². The van der Waals surface area contributed by atoms with E-state index in [1.165, 1.54) is 22.2 Å². The second-order valence-corrected chi connectivity index (χ2v) is 7.00. The largest absolute Gasteiger partial charge is 0.459 e. The lowest BCUT2D eigenvalue weighted by Crippen LogP contribution is -2.36. The van der Waals surface area contributed by atoms with Gasteiger partial charge in [0, 0.05) is 18.0 Å². The van der Waals surface area contributed by atoms with Crippen LogP contribution in [0.1, 0.15) is 10.4 Å². The first-order valence-electron chi connectivity index (χ1n) is 7.13. The third kappa shape index (κ3) is 3.04. The molecule has 0 N–H and O–H groups in total. The molecule has 0 aromatic carbocycles. The summed E-state index contributed by atoms with van der Waals surface area (Å²) in [5, 5.41) is 10.3. The smallest absolute Gasteiger partial charge is 0.284 e. The Kier molecular flexibility index (Phi) is 3.92. The molecule has 0 radical (unpaired) electrons. The summed E-state index contributed by atoms with van der Waals surface area (Å²) in [6, 6.07) is 5.60. The van der Waals surface area contributed by atoms with Crippen molar-refractivity contribution < 1.29 is 13.6 Å². The van der Waals surface area contributed by atoms with Gasteiger partial charge in [0.15, 0.2) is 5.76 Å². The lowest BCUT2D eigenvalue weighted by atomic mass is 10.1. The third-order valence-electron chi connectivity index (χ3n) is 3.62. The Morgan fingerprint density at radius 3 is 3.22 bits per heavy atom. The maximum atomic E-state index is 12.3. The maximum Gasteiger partial charge on any atom is 0.284 e. The van der Waals surface area contributed by atoms with Gasteiger partial charge in [-0.25, -0.2) is 0 Å². The fourth-order valence-corrected chi connectivity index (χ4v) is 4.00. The van der Waals surface area contributed by atoms with Crippen molar-refractivity contribution in [3.63, 3.8) is 0 Å². The van der Waals surface area contributed by atoms with Crippen molar-refractivity contribution in [2.45, 2.75) is 18.2 Å². The van der Waals surface area contributed by atoms with Crippen molar-refractivity contribution in [3.05, 3.63) is 40.3 Å². The zero-order valence-corrected chi connectivity index (χ0v) is 13.7. The van der Waals surface area contributed by atoms with Crippen LogP contribution in [-0.2, 0) is 17.8 Å². The van der Waals surface area contributed by atoms with Crippen LogP contribution in [0.15, 0.2) is 43.9 Å². The predicted octanol–water partition coefficient (Wildman–Crippen LogP) is 3.07. The van der Waals surface area contributed by atoms with Crippen molar-refractivity contribution in [3.8, 4) is 11.7 Å². The molecule has 0 bridgehead atoms. The number of rotatable bonds is 4. The van der Waals surface area contributed by atoms with Crippen molar-refractivity contribution >= 4 is 29.0 Å². The number of nitrogens with zero attached hydrogens (tertiary/aromatic N) is 3. The number of carbonyl (C=O) groups is 1. The van der Waals surface area contributed by atoms with Crippen molar-refractivity contribution in [2.75, 3.05) is 12.3 Å². The summed E-state index contributed by atoms with van der Waals surface area (Å²) in [6.07, 6.45) is 2.48. The summed E-state index contributed by atoms with van der Waals surface area (Å²) in [7, 11) is 0. The molecule has 0 fully saturated rings. The van der Waals surface area contributed by atoms with Crippen molar-refractivity contribution in [1.82, 2.24) is 15.1 Å². The molecule has 1 aliphatic heterocycles. The number of amides is 1. The molecule has 1 amide bonds. The molecule has 0 saturated heterocycles. The third-order valence-corrected chi connectivity index (χ3v) is 5.44. The van der Waals surface area contributed by atoms with Gasteiger partial charge < -0.3 is 13.7 Å². The molecule has 0 aliphatic carbocycles. The van der Waals surface area contributed by atoms with Crippen LogP contribution in [0.3, 0.4) is 0 Å². The molecule has 118 valence electrons. The fraction of sp³-hybridized carbons (Fsp3) is 0.267. The van der Waals surface area contributed by atoms with Gasteiger partial charge in [-0.3, -0.25) is 4.79 Å². The van der Waals surface area contributed by atoms with E-state index < -0.39 is 0 Å². The minimum atomic E-state index is 0.0876. The van der Waals surface area contributed by atoms with Gasteiger partial charge in [0.05, 0.1) is 12.0 Å². The van der Waals surface area contributed by atoms with Crippen LogP contribution in [0, 0.1) is 0 Å². The molecule has 4 rings (SSSR count). The van der Waals surface area contributed by atoms with E-state index in [4.69, 9.17) is 8.83 Å². The van der Waals surface area contributed by atoms with E-state index in [0.29, 0.717) is 29.2 Å². The normalized spacial score (nSPS) is 14.0. The highest BCUT2D eigenvalue weighted by Gasteiger charge is 2.22. The summed E-state index contributed by atoms with van der Waals surface area (Å²) in [5.41, 5.74) is 1.26. The molecule has 3 aromatic heterocycles. The molecule has 0 spiro atoms. The zero-order chi connectivity index (χ0) is 15.6. The van der Waals surface area contributed by atoms with Crippen LogP contribution in [-0.4, -0.2) is 33.3 Å². The number of thiophene rings is 1. The van der Waals surface area contributed by atoms with Gasteiger partial charge in [-0.15, -0.1) is 21.5 Å². The summed E-state index contributed by atoms with van der Waals surface area (Å²) in [4.78, 5) is 15.6. The average molecular weight is 347 g/mol. The number of fused-ring (bicyclic) bond motifs is 1. The molecule has 23 heavy (non-hydrogen) atoms. The first-order valence-corrected chi connectivity index (χ1v) is 8.99. The van der Waals surface area contributed by atoms with Gasteiger partial charge in [0.25, 0.3) is 11.1 Å². The molecule has 8 heteroatoms. The van der Waals surface area contributed by atoms with E-state index in [9.17, 15) is 4.79 Å². The highest BCUT2D eigenvalue weighted by atomic mass is 32.2. The highest BCUT2D eigenvalue weighted by Crippen LogP contribution is 2.26. The quantitative estimate of drug-likeness (QED) is 0.676. The molecule has 1 aliphatic rings. The van der Waals surface area contributed by atoms with Crippen LogP contribution in [0.2, 0.25) is 0 Å². The standard InChI is InChI=1S/C15H13N3O3S2/c19-13(18-5-3-12-10(8-18)4-7-22-12)9-23-15-17-16-14(21-15)11-2-1-6-20-11/h1-2,4,6-7H,3,5,8-9H2. The van der Waals surface area contributed by atoms with Gasteiger partial charge in [-0.1, -0.05) is 11.8 Å². The Balaban J connectivity index is 1.35. The van der Waals surface area contributed by atoms with Gasteiger partial charge in [0.1, 0.15) is 0 Å². The molecule has 0 unspecified atom stereocenters. The summed E-state index contributed by atoms with van der Waals surface area (Å²) >= 11 is 3.02. The predicted molar refractivity (Wildman–Crippen MR) is 86.2 cm³/mol. The van der Waals surface area contributed by atoms with E-state index in [0.717, 1.165) is 13.0 Å². The molecule has 0 atom stereocenters. The summed E-state index contributed by atoms with van der Waals surface area (Å²) in [5.74, 6) is 1.23. The Bertz CT molecular complexity index is 810. The highest BCUT2D eigenvalue weighted by molar-refractivity contribution is 7.99. The molecule has 4 heterocycles. The number of thioether (sulfide) groups is 1. The summed E-state index contributed by atoms with van der Waals surface area (Å²) < 4.78 is 10.7. The van der Waals surface area contributed by atoms with Crippen LogP contribution < -0.4 is 0 Å². The van der Waals surface area contributed by atoms with Crippen LogP contribution in [0.25, 0.3) is 11.7 Å². The van der Waals surface area contributed by atoms with Crippen LogP contribution in [0.5, 0.6) is 0 Å². The lowest BCUT2D eigenvalue weighted by molar-refractivity contribution is -0.129. The average Bonchev–Trinajstić information content (AvgIpc) is 3.32. The minimum absolute atomic E-state index is 0.0876. The Morgan fingerprint density at radius 1 is 1.39 bits per heavy atom. The minimum Gasteiger partial charge on any atom is -0.459 e. The first-order chi connectivity index (χ1) is 11.3. The molecule has 3 aromatic rings. The Morgan fingerprint density at radius 2 is 2.35 bits per heavy atom. The fourth-order valence-electron chi connectivity index (χ4n) is 2.44. The number of furan rings is 1. The van der Waals surface area contributed by atoms with Crippen molar-refractivity contribution in [1.29, 1.82) is 0 Å². The van der Waals surface area contributed by atoms with E-state index in [1.54, 1.807) is 29.7 Å². The Labute approximate surface area is 140 Å². The van der Waals surface area contributed by atoms with E-state index in [2.05, 4.69) is 21.6 Å². The molecular weight excluding hydrogens is 334 g/mol. The number of hydrogen-bond donors (Lipinski definition) is 0. The lowest BCUT2D eigenvalue weighted by Gasteiger charge is -2.26. The van der Waals surface area contributed by atoms with Gasteiger partial charge in [-0.05, 0) is 35.6 Å². The van der Waals surface area contributed by atoms with Crippen LogP contribution >= 0.6 is 23.1 Å². The first kappa shape index (κ1) is 14.5. The van der Waals surface area contributed by atoms with Gasteiger partial charge >= 0.3 is 0 Å². The topological polar surface area (TPSA) is 72.4 Å². The molecular formula is C15H13N3O3S2. The second kappa shape index (κ2) is 6.21. The van der Waals surface area contributed by atoms with Crippen molar-refractivity contribution in [2.24, 2.45) is 0 Å². The second-order valence-electron chi connectivity index (χ2n) is 5.07. The molecule has 0 saturated carbocycles. The van der Waals surface area contributed by atoms with E-state index in [-0.39, 0.29) is 5.91 Å². The SMILES string of the molecule is O=C(CSc1nnc(-c2ccco2)o1)N1CCc2sccc2C1. The monoisotopic (exact) mass is 347 g/mol. The van der Waals surface area contributed by atoms with Gasteiger partial charge in [0.2, 0.25) is 5.91 Å². The Hall–Kier alpha value is -2.06. The molecule has 6 nitrogen and oxygen atoms in total.